The molecule has 0 bridgehead atoms. The Labute approximate surface area is 123 Å². The number of nitrogens with zero attached hydrogens (tertiary/aromatic N) is 2. The van der Waals surface area contributed by atoms with Gasteiger partial charge in [-0.3, -0.25) is 4.68 Å². The lowest BCUT2D eigenvalue weighted by Crippen LogP contribution is -2.14. The van der Waals surface area contributed by atoms with Gasteiger partial charge in [-0.1, -0.05) is 18.2 Å². The van der Waals surface area contributed by atoms with Crippen LogP contribution in [0.5, 0.6) is 11.7 Å². The number of hydrogen-bond donors (Lipinski definition) is 1. The van der Waals surface area contributed by atoms with E-state index >= 15 is 0 Å². The van der Waals surface area contributed by atoms with Gasteiger partial charge in [0, 0.05) is 25.9 Å². The predicted molar refractivity (Wildman–Crippen MR) is 79.0 cm³/mol. The van der Waals surface area contributed by atoms with Crippen molar-refractivity contribution in [2.75, 3.05) is 0 Å². The number of benzene rings is 1. The number of ether oxygens (including phenoxy) is 1. The molecule has 0 aliphatic carbocycles. The summed E-state index contributed by atoms with van der Waals surface area (Å²) in [7, 11) is 1.93. The SMILES string of the molecule is Cn1nccc1CNCc1ccc(Oc2ccccc2)o1. The Kier molecular flexibility index (Phi) is 4.02. The maximum Gasteiger partial charge on any atom is 0.290 e. The van der Waals surface area contributed by atoms with Crippen LogP contribution in [0.15, 0.2) is 59.1 Å². The molecule has 0 aliphatic heterocycles. The molecule has 0 fully saturated rings. The molecule has 0 atom stereocenters. The fourth-order valence-electron chi connectivity index (χ4n) is 2.00. The van der Waals surface area contributed by atoms with Crippen LogP contribution in [0.4, 0.5) is 0 Å². The summed E-state index contributed by atoms with van der Waals surface area (Å²) in [5.41, 5.74) is 1.13. The minimum Gasteiger partial charge on any atom is -0.429 e. The molecule has 3 rings (SSSR count). The number of para-hydroxylation sites is 1. The number of furan rings is 1. The average Bonchev–Trinajstić information content (AvgIpc) is 3.10. The summed E-state index contributed by atoms with van der Waals surface area (Å²) in [6.07, 6.45) is 1.79. The van der Waals surface area contributed by atoms with Crippen molar-refractivity contribution < 1.29 is 9.15 Å². The van der Waals surface area contributed by atoms with Gasteiger partial charge in [0.1, 0.15) is 11.5 Å². The molecule has 0 aliphatic rings. The number of hydrogen-bond acceptors (Lipinski definition) is 4. The predicted octanol–water partition coefficient (Wildman–Crippen LogP) is 3.10. The Morgan fingerprint density at radius 1 is 1.10 bits per heavy atom. The summed E-state index contributed by atoms with van der Waals surface area (Å²) in [6.45, 7) is 1.38. The molecule has 2 heterocycles. The molecule has 3 aromatic rings. The first-order chi connectivity index (χ1) is 10.3. The number of rotatable bonds is 6. The highest BCUT2D eigenvalue weighted by atomic mass is 16.6. The third-order valence-corrected chi connectivity index (χ3v) is 3.13. The number of aromatic nitrogens is 2. The van der Waals surface area contributed by atoms with E-state index in [1.165, 1.54) is 0 Å². The van der Waals surface area contributed by atoms with Gasteiger partial charge in [-0.25, -0.2) is 0 Å². The molecule has 1 N–H and O–H groups in total. The highest BCUT2D eigenvalue weighted by Crippen LogP contribution is 2.23. The van der Waals surface area contributed by atoms with Gasteiger partial charge in [-0.2, -0.15) is 5.10 Å². The molecule has 0 radical (unpaired) electrons. The molecule has 0 amide bonds. The van der Waals surface area contributed by atoms with E-state index in [9.17, 15) is 0 Å². The van der Waals surface area contributed by atoms with Crippen LogP contribution in [0.3, 0.4) is 0 Å². The topological polar surface area (TPSA) is 52.2 Å². The number of aryl methyl sites for hydroxylation is 1. The maximum atomic E-state index is 5.63. The van der Waals surface area contributed by atoms with Crippen molar-refractivity contribution in [3.63, 3.8) is 0 Å². The molecule has 2 aromatic heterocycles. The van der Waals surface area contributed by atoms with Gasteiger partial charge >= 0.3 is 0 Å². The Morgan fingerprint density at radius 3 is 2.71 bits per heavy atom. The standard InChI is InChI=1S/C16H17N3O2/c1-19-13(9-10-18-19)11-17-12-15-7-8-16(21-15)20-14-5-3-2-4-6-14/h2-10,17H,11-12H2,1H3. The van der Waals surface area contributed by atoms with E-state index in [-0.39, 0.29) is 0 Å². The quantitative estimate of drug-likeness (QED) is 0.755. The summed E-state index contributed by atoms with van der Waals surface area (Å²) in [6, 6.07) is 15.3. The number of nitrogens with one attached hydrogen (secondary N) is 1. The third kappa shape index (κ3) is 3.52. The minimum absolute atomic E-state index is 0.499. The van der Waals surface area contributed by atoms with Crippen molar-refractivity contribution >= 4 is 0 Å². The normalized spacial score (nSPS) is 10.7. The fraction of sp³-hybridized carbons (Fsp3) is 0.188. The molecule has 0 unspecified atom stereocenters. The lowest BCUT2D eigenvalue weighted by Gasteiger charge is -2.03. The molecule has 21 heavy (non-hydrogen) atoms. The fourth-order valence-corrected chi connectivity index (χ4v) is 2.00. The van der Waals surface area contributed by atoms with Crippen molar-refractivity contribution in [2.24, 2.45) is 7.05 Å². The first-order valence-corrected chi connectivity index (χ1v) is 6.80. The highest BCUT2D eigenvalue weighted by molar-refractivity contribution is 5.26. The second kappa shape index (κ2) is 6.28. The van der Waals surface area contributed by atoms with Crippen LogP contribution < -0.4 is 10.1 Å². The van der Waals surface area contributed by atoms with Crippen LogP contribution in [0.2, 0.25) is 0 Å². The van der Waals surface area contributed by atoms with Gasteiger partial charge in [0.05, 0.1) is 12.2 Å². The van der Waals surface area contributed by atoms with E-state index in [4.69, 9.17) is 9.15 Å². The van der Waals surface area contributed by atoms with E-state index in [2.05, 4.69) is 10.4 Å². The molecule has 108 valence electrons. The smallest absolute Gasteiger partial charge is 0.290 e. The van der Waals surface area contributed by atoms with Crippen LogP contribution in [0, 0.1) is 0 Å². The van der Waals surface area contributed by atoms with Gasteiger partial charge in [0.15, 0.2) is 0 Å². The lowest BCUT2D eigenvalue weighted by molar-refractivity contribution is 0.328. The zero-order chi connectivity index (χ0) is 14.5. The second-order valence-electron chi connectivity index (χ2n) is 4.69. The Balaban J connectivity index is 1.52. The van der Waals surface area contributed by atoms with Crippen LogP contribution in [-0.4, -0.2) is 9.78 Å². The molecule has 0 saturated carbocycles. The van der Waals surface area contributed by atoms with Crippen molar-refractivity contribution in [2.45, 2.75) is 13.1 Å². The van der Waals surface area contributed by atoms with Gasteiger partial charge in [0.2, 0.25) is 0 Å². The third-order valence-electron chi connectivity index (χ3n) is 3.13. The Hall–Kier alpha value is -2.53. The largest absolute Gasteiger partial charge is 0.429 e. The highest BCUT2D eigenvalue weighted by Gasteiger charge is 2.04. The molecule has 5 heteroatoms. The maximum absolute atomic E-state index is 5.63. The monoisotopic (exact) mass is 283 g/mol. The summed E-state index contributed by atoms with van der Waals surface area (Å²) < 4.78 is 13.1. The van der Waals surface area contributed by atoms with Crippen molar-refractivity contribution in [3.8, 4) is 11.7 Å². The van der Waals surface area contributed by atoms with Gasteiger partial charge in [-0.05, 0) is 24.3 Å². The van der Waals surface area contributed by atoms with Crippen molar-refractivity contribution in [3.05, 3.63) is 66.2 Å². The zero-order valence-corrected chi connectivity index (χ0v) is 11.8. The first-order valence-electron chi connectivity index (χ1n) is 6.80. The van der Waals surface area contributed by atoms with Crippen LogP contribution in [-0.2, 0) is 20.1 Å². The molecule has 5 nitrogen and oxygen atoms in total. The van der Waals surface area contributed by atoms with Gasteiger partial charge in [-0.15, -0.1) is 0 Å². The molecule has 0 saturated heterocycles. The average molecular weight is 283 g/mol. The Morgan fingerprint density at radius 2 is 1.95 bits per heavy atom. The molecule has 0 spiro atoms. The summed E-state index contributed by atoms with van der Waals surface area (Å²) in [5.74, 6) is 2.10. The lowest BCUT2D eigenvalue weighted by atomic mass is 10.3. The van der Waals surface area contributed by atoms with Crippen molar-refractivity contribution in [1.82, 2.24) is 15.1 Å². The van der Waals surface area contributed by atoms with Crippen LogP contribution in [0.25, 0.3) is 0 Å². The van der Waals surface area contributed by atoms with Gasteiger partial charge in [0.25, 0.3) is 5.95 Å². The summed E-state index contributed by atoms with van der Waals surface area (Å²) in [4.78, 5) is 0. The summed E-state index contributed by atoms with van der Waals surface area (Å²) >= 11 is 0. The Bertz CT molecular complexity index is 688. The van der Waals surface area contributed by atoms with E-state index < -0.39 is 0 Å². The first kappa shape index (κ1) is 13.5. The molecular weight excluding hydrogens is 266 g/mol. The van der Waals surface area contributed by atoms with Gasteiger partial charge < -0.3 is 14.5 Å². The van der Waals surface area contributed by atoms with Crippen LogP contribution in [0.1, 0.15) is 11.5 Å². The minimum atomic E-state index is 0.499. The van der Waals surface area contributed by atoms with E-state index in [1.54, 1.807) is 6.20 Å². The summed E-state index contributed by atoms with van der Waals surface area (Å²) in [5, 5.41) is 7.44. The molecule has 1 aromatic carbocycles. The second-order valence-corrected chi connectivity index (χ2v) is 4.69. The van der Waals surface area contributed by atoms with Crippen molar-refractivity contribution in [1.29, 1.82) is 0 Å². The molecular formula is C16H17N3O2. The van der Waals surface area contributed by atoms with Crippen LogP contribution >= 0.6 is 0 Å². The van der Waals surface area contributed by atoms with E-state index in [0.29, 0.717) is 12.5 Å². The van der Waals surface area contributed by atoms with E-state index in [0.717, 1.165) is 23.7 Å². The van der Waals surface area contributed by atoms with E-state index in [1.807, 2.05) is 60.3 Å². The zero-order valence-electron chi connectivity index (χ0n) is 11.8.